The van der Waals surface area contributed by atoms with E-state index in [9.17, 15) is 4.79 Å². The first kappa shape index (κ1) is 8.72. The topological polar surface area (TPSA) is 46.3 Å². The van der Waals surface area contributed by atoms with Gasteiger partial charge in [-0.1, -0.05) is 6.42 Å². The number of carbonyl (C=O) groups is 1. The molecular formula is C11H18N2O. The number of hydrogen-bond donors (Lipinski definition) is 1. The van der Waals surface area contributed by atoms with Gasteiger partial charge in [-0.3, -0.25) is 4.79 Å². The molecular weight excluding hydrogens is 176 g/mol. The second-order valence-corrected chi connectivity index (χ2v) is 5.32. The van der Waals surface area contributed by atoms with E-state index in [1.54, 1.807) is 0 Å². The molecule has 14 heavy (non-hydrogen) atoms. The lowest BCUT2D eigenvalue weighted by Gasteiger charge is -2.21. The molecule has 3 nitrogen and oxygen atoms in total. The molecule has 0 spiro atoms. The molecule has 2 unspecified atom stereocenters. The number of amides is 1. The summed E-state index contributed by atoms with van der Waals surface area (Å²) >= 11 is 0. The molecule has 0 bridgehead atoms. The molecule has 0 aromatic heterocycles. The van der Waals surface area contributed by atoms with Crippen LogP contribution in [0, 0.1) is 11.8 Å². The third-order valence-corrected chi connectivity index (χ3v) is 4.23. The summed E-state index contributed by atoms with van der Waals surface area (Å²) in [7, 11) is 0. The van der Waals surface area contributed by atoms with Crippen LogP contribution in [-0.2, 0) is 4.79 Å². The van der Waals surface area contributed by atoms with Gasteiger partial charge in [-0.05, 0) is 37.5 Å². The van der Waals surface area contributed by atoms with Gasteiger partial charge in [0.2, 0.25) is 5.91 Å². The summed E-state index contributed by atoms with van der Waals surface area (Å²) in [4.78, 5) is 14.0. The molecule has 2 aliphatic carbocycles. The molecule has 2 N–H and O–H groups in total. The van der Waals surface area contributed by atoms with Gasteiger partial charge in [-0.2, -0.15) is 0 Å². The first-order valence-electron chi connectivity index (χ1n) is 5.77. The minimum atomic E-state index is -0.446. The maximum absolute atomic E-state index is 12.0. The normalized spacial score (nSPS) is 38.5. The van der Waals surface area contributed by atoms with Crippen LogP contribution in [0.25, 0.3) is 0 Å². The monoisotopic (exact) mass is 194 g/mol. The Bertz CT molecular complexity index is 260. The molecule has 3 heteroatoms. The summed E-state index contributed by atoms with van der Waals surface area (Å²) in [6.45, 7) is 1.98. The van der Waals surface area contributed by atoms with Crippen LogP contribution in [0.3, 0.4) is 0 Å². The number of carbonyl (C=O) groups excluding carboxylic acids is 1. The SMILES string of the molecule is NC1(C(=O)N2CC3CCCC3C2)CC1. The van der Waals surface area contributed by atoms with Crippen molar-refractivity contribution in [3.05, 3.63) is 0 Å². The third kappa shape index (κ3) is 1.18. The molecule has 0 radical (unpaired) electrons. The van der Waals surface area contributed by atoms with Gasteiger partial charge in [0.25, 0.3) is 0 Å². The Morgan fingerprint density at radius 2 is 1.79 bits per heavy atom. The third-order valence-electron chi connectivity index (χ3n) is 4.23. The number of hydrogen-bond acceptors (Lipinski definition) is 2. The summed E-state index contributed by atoms with van der Waals surface area (Å²) in [6, 6.07) is 0. The molecule has 3 aliphatic rings. The Morgan fingerprint density at radius 3 is 2.29 bits per heavy atom. The molecule has 2 saturated carbocycles. The molecule has 1 aliphatic heterocycles. The summed E-state index contributed by atoms with van der Waals surface area (Å²) in [5.74, 6) is 1.81. The zero-order valence-corrected chi connectivity index (χ0v) is 8.54. The van der Waals surface area contributed by atoms with Crippen molar-refractivity contribution in [3.63, 3.8) is 0 Å². The van der Waals surface area contributed by atoms with Crippen molar-refractivity contribution in [2.45, 2.75) is 37.6 Å². The molecule has 3 rings (SSSR count). The van der Waals surface area contributed by atoms with Gasteiger partial charge in [0.1, 0.15) is 0 Å². The van der Waals surface area contributed by atoms with E-state index in [0.29, 0.717) is 0 Å². The molecule has 2 atom stereocenters. The summed E-state index contributed by atoms with van der Waals surface area (Å²) in [5, 5.41) is 0. The van der Waals surface area contributed by atoms with E-state index in [1.165, 1.54) is 19.3 Å². The van der Waals surface area contributed by atoms with E-state index >= 15 is 0 Å². The molecule has 3 fully saturated rings. The molecule has 0 aromatic carbocycles. The maximum Gasteiger partial charge on any atom is 0.242 e. The number of nitrogens with zero attached hydrogens (tertiary/aromatic N) is 1. The van der Waals surface area contributed by atoms with Crippen molar-refractivity contribution in [1.29, 1.82) is 0 Å². The van der Waals surface area contributed by atoms with Crippen molar-refractivity contribution in [2.75, 3.05) is 13.1 Å². The van der Waals surface area contributed by atoms with Crippen molar-refractivity contribution < 1.29 is 4.79 Å². The zero-order chi connectivity index (χ0) is 9.76. The lowest BCUT2D eigenvalue weighted by Crippen LogP contribution is -2.44. The van der Waals surface area contributed by atoms with Gasteiger partial charge in [-0.25, -0.2) is 0 Å². The highest BCUT2D eigenvalue weighted by molar-refractivity contribution is 5.89. The molecule has 78 valence electrons. The Balaban J connectivity index is 1.68. The van der Waals surface area contributed by atoms with E-state index in [-0.39, 0.29) is 5.91 Å². The van der Waals surface area contributed by atoms with Crippen LogP contribution >= 0.6 is 0 Å². The zero-order valence-electron chi connectivity index (χ0n) is 8.54. The fraction of sp³-hybridized carbons (Fsp3) is 0.909. The van der Waals surface area contributed by atoms with Crippen LogP contribution in [0.5, 0.6) is 0 Å². The van der Waals surface area contributed by atoms with E-state index in [4.69, 9.17) is 5.73 Å². The van der Waals surface area contributed by atoms with Gasteiger partial charge in [0, 0.05) is 13.1 Å². The summed E-state index contributed by atoms with van der Waals surface area (Å²) in [5.41, 5.74) is 5.48. The number of likely N-dealkylation sites (tertiary alicyclic amines) is 1. The predicted octanol–water partition coefficient (Wildman–Crippen LogP) is 0.736. The first-order chi connectivity index (χ1) is 6.69. The summed E-state index contributed by atoms with van der Waals surface area (Å²) < 4.78 is 0. The second-order valence-electron chi connectivity index (χ2n) is 5.32. The Labute approximate surface area is 84.6 Å². The Morgan fingerprint density at radius 1 is 1.21 bits per heavy atom. The van der Waals surface area contributed by atoms with Gasteiger partial charge in [0.15, 0.2) is 0 Å². The smallest absolute Gasteiger partial charge is 0.242 e. The quantitative estimate of drug-likeness (QED) is 0.669. The molecule has 1 saturated heterocycles. The van der Waals surface area contributed by atoms with Crippen molar-refractivity contribution >= 4 is 5.91 Å². The van der Waals surface area contributed by atoms with Crippen LogP contribution in [-0.4, -0.2) is 29.4 Å². The van der Waals surface area contributed by atoms with E-state index in [2.05, 4.69) is 0 Å². The number of fused-ring (bicyclic) bond motifs is 1. The minimum absolute atomic E-state index is 0.229. The lowest BCUT2D eigenvalue weighted by atomic mass is 10.0. The Kier molecular flexibility index (Phi) is 1.69. The van der Waals surface area contributed by atoms with E-state index in [1.807, 2.05) is 4.90 Å². The number of rotatable bonds is 1. The van der Waals surface area contributed by atoms with Gasteiger partial charge < -0.3 is 10.6 Å². The predicted molar refractivity (Wildman–Crippen MR) is 53.6 cm³/mol. The second kappa shape index (κ2) is 2.72. The first-order valence-corrected chi connectivity index (χ1v) is 5.77. The van der Waals surface area contributed by atoms with Crippen molar-refractivity contribution in [1.82, 2.24) is 4.90 Å². The fourth-order valence-corrected chi connectivity index (χ4v) is 3.06. The lowest BCUT2D eigenvalue weighted by molar-refractivity contribution is -0.132. The number of nitrogens with two attached hydrogens (primary N) is 1. The standard InChI is InChI=1S/C11H18N2O/c12-11(4-5-11)10(14)13-6-8-2-1-3-9(8)7-13/h8-9H,1-7,12H2. The highest BCUT2D eigenvalue weighted by Crippen LogP contribution is 2.41. The molecule has 1 heterocycles. The summed E-state index contributed by atoms with van der Waals surface area (Å²) in [6.07, 6.45) is 5.82. The average molecular weight is 194 g/mol. The van der Waals surface area contributed by atoms with E-state index in [0.717, 1.165) is 37.8 Å². The minimum Gasteiger partial charge on any atom is -0.341 e. The van der Waals surface area contributed by atoms with Crippen LogP contribution in [0.1, 0.15) is 32.1 Å². The van der Waals surface area contributed by atoms with Gasteiger partial charge in [-0.15, -0.1) is 0 Å². The van der Waals surface area contributed by atoms with E-state index < -0.39 is 5.54 Å². The van der Waals surface area contributed by atoms with Crippen LogP contribution < -0.4 is 5.73 Å². The Hall–Kier alpha value is -0.570. The highest BCUT2D eigenvalue weighted by atomic mass is 16.2. The van der Waals surface area contributed by atoms with Gasteiger partial charge in [0.05, 0.1) is 5.54 Å². The fourth-order valence-electron chi connectivity index (χ4n) is 3.06. The molecule has 1 amide bonds. The van der Waals surface area contributed by atoms with Crippen LogP contribution in [0.4, 0.5) is 0 Å². The largest absolute Gasteiger partial charge is 0.341 e. The van der Waals surface area contributed by atoms with Crippen molar-refractivity contribution in [3.8, 4) is 0 Å². The van der Waals surface area contributed by atoms with Crippen LogP contribution in [0.15, 0.2) is 0 Å². The van der Waals surface area contributed by atoms with Gasteiger partial charge >= 0.3 is 0 Å². The van der Waals surface area contributed by atoms with Crippen LogP contribution in [0.2, 0.25) is 0 Å². The molecule has 0 aromatic rings. The van der Waals surface area contributed by atoms with Crippen molar-refractivity contribution in [2.24, 2.45) is 17.6 Å². The average Bonchev–Trinajstić information content (AvgIpc) is 2.63. The highest BCUT2D eigenvalue weighted by Gasteiger charge is 2.50. The maximum atomic E-state index is 12.0.